The lowest BCUT2D eigenvalue weighted by atomic mass is 9.95. The fraction of sp³-hybridized carbons (Fsp3) is 0.348. The molecule has 0 radical (unpaired) electrons. The zero-order valence-electron chi connectivity index (χ0n) is 17.0. The minimum atomic E-state index is 0.0259. The SMILES string of the molecule is Cc1ccc(CN2CCC(C(=O)NCc3nc(-c4ccc(Cl)cc4)no3)CC2)cc1. The van der Waals surface area contributed by atoms with Gasteiger partial charge >= 0.3 is 0 Å². The summed E-state index contributed by atoms with van der Waals surface area (Å²) in [6.45, 7) is 5.12. The molecule has 0 spiro atoms. The van der Waals surface area contributed by atoms with Gasteiger partial charge in [0.05, 0.1) is 6.54 Å². The Morgan fingerprint density at radius 2 is 1.83 bits per heavy atom. The Kier molecular flexibility index (Phi) is 6.45. The van der Waals surface area contributed by atoms with Crippen LogP contribution in [-0.2, 0) is 17.9 Å². The summed E-state index contributed by atoms with van der Waals surface area (Å²) in [4.78, 5) is 19.3. The topological polar surface area (TPSA) is 71.3 Å². The molecule has 1 fully saturated rings. The maximum atomic E-state index is 12.6. The first kappa shape index (κ1) is 20.6. The summed E-state index contributed by atoms with van der Waals surface area (Å²) < 4.78 is 5.26. The Morgan fingerprint density at radius 3 is 2.53 bits per heavy atom. The van der Waals surface area contributed by atoms with Crippen LogP contribution in [0, 0.1) is 12.8 Å². The van der Waals surface area contributed by atoms with Crippen LogP contribution >= 0.6 is 11.6 Å². The standard InChI is InChI=1S/C23H25ClN4O2/c1-16-2-4-17(5-3-16)15-28-12-10-19(11-13-28)23(29)25-14-21-26-22(27-30-21)18-6-8-20(24)9-7-18/h2-9,19H,10-15H2,1H3,(H,25,29). The molecule has 1 saturated heterocycles. The number of likely N-dealkylation sites (tertiary alicyclic amines) is 1. The van der Waals surface area contributed by atoms with Gasteiger partial charge in [0, 0.05) is 23.0 Å². The van der Waals surface area contributed by atoms with E-state index in [0.29, 0.717) is 16.7 Å². The Balaban J connectivity index is 1.23. The first-order valence-corrected chi connectivity index (χ1v) is 10.6. The number of nitrogens with zero attached hydrogens (tertiary/aromatic N) is 3. The van der Waals surface area contributed by atoms with Gasteiger partial charge in [0.1, 0.15) is 0 Å². The molecule has 156 valence electrons. The van der Waals surface area contributed by atoms with Crippen molar-refractivity contribution in [2.45, 2.75) is 32.9 Å². The van der Waals surface area contributed by atoms with E-state index in [-0.39, 0.29) is 18.4 Å². The van der Waals surface area contributed by atoms with Gasteiger partial charge in [0.25, 0.3) is 0 Å². The fourth-order valence-corrected chi connectivity index (χ4v) is 3.78. The van der Waals surface area contributed by atoms with Crippen molar-refractivity contribution >= 4 is 17.5 Å². The summed E-state index contributed by atoms with van der Waals surface area (Å²) in [5.74, 6) is 0.958. The predicted octanol–water partition coefficient (Wildman–Crippen LogP) is 4.23. The van der Waals surface area contributed by atoms with Gasteiger partial charge in [-0.3, -0.25) is 9.69 Å². The Morgan fingerprint density at radius 1 is 1.13 bits per heavy atom. The van der Waals surface area contributed by atoms with E-state index < -0.39 is 0 Å². The Labute approximate surface area is 181 Å². The van der Waals surface area contributed by atoms with Gasteiger partial charge in [0.15, 0.2) is 0 Å². The van der Waals surface area contributed by atoms with Gasteiger partial charge in [-0.1, -0.05) is 46.6 Å². The fourth-order valence-electron chi connectivity index (χ4n) is 3.65. The van der Waals surface area contributed by atoms with E-state index >= 15 is 0 Å². The number of piperidine rings is 1. The lowest BCUT2D eigenvalue weighted by Gasteiger charge is -2.31. The smallest absolute Gasteiger partial charge is 0.246 e. The third-order valence-corrected chi connectivity index (χ3v) is 5.72. The van der Waals surface area contributed by atoms with Crippen LogP contribution in [0.5, 0.6) is 0 Å². The number of hydrogen-bond donors (Lipinski definition) is 1. The molecule has 1 N–H and O–H groups in total. The highest BCUT2D eigenvalue weighted by Crippen LogP contribution is 2.21. The van der Waals surface area contributed by atoms with E-state index in [2.05, 4.69) is 51.5 Å². The van der Waals surface area contributed by atoms with Crippen LogP contribution in [0.3, 0.4) is 0 Å². The molecule has 1 amide bonds. The minimum absolute atomic E-state index is 0.0259. The van der Waals surface area contributed by atoms with Gasteiger partial charge in [-0.25, -0.2) is 0 Å². The lowest BCUT2D eigenvalue weighted by molar-refractivity contribution is -0.126. The molecule has 2 heterocycles. The van der Waals surface area contributed by atoms with Crippen LogP contribution in [0.15, 0.2) is 53.1 Å². The highest BCUT2D eigenvalue weighted by atomic mass is 35.5. The van der Waals surface area contributed by atoms with E-state index in [1.165, 1.54) is 11.1 Å². The van der Waals surface area contributed by atoms with E-state index in [1.54, 1.807) is 12.1 Å². The van der Waals surface area contributed by atoms with Crippen LogP contribution < -0.4 is 5.32 Å². The molecule has 1 aliphatic rings. The number of nitrogens with one attached hydrogen (secondary N) is 1. The molecule has 0 bridgehead atoms. The van der Waals surface area contributed by atoms with E-state index in [1.807, 2.05) is 12.1 Å². The summed E-state index contributed by atoms with van der Waals surface area (Å²) in [5.41, 5.74) is 3.41. The molecular formula is C23H25ClN4O2. The number of hydrogen-bond acceptors (Lipinski definition) is 5. The number of rotatable bonds is 6. The molecule has 30 heavy (non-hydrogen) atoms. The maximum absolute atomic E-state index is 12.6. The van der Waals surface area contributed by atoms with Crippen molar-refractivity contribution in [3.05, 3.63) is 70.6 Å². The van der Waals surface area contributed by atoms with Crippen LogP contribution in [-0.4, -0.2) is 34.0 Å². The average Bonchev–Trinajstić information content (AvgIpc) is 3.24. The summed E-state index contributed by atoms with van der Waals surface area (Å²) in [7, 11) is 0. The molecule has 4 rings (SSSR count). The molecule has 7 heteroatoms. The Hall–Kier alpha value is -2.70. The quantitative estimate of drug-likeness (QED) is 0.641. The molecule has 1 aromatic heterocycles. The zero-order chi connectivity index (χ0) is 20.9. The third-order valence-electron chi connectivity index (χ3n) is 5.47. The average molecular weight is 425 g/mol. The Bertz CT molecular complexity index is 977. The third kappa shape index (κ3) is 5.26. The van der Waals surface area contributed by atoms with Crippen LogP contribution in [0.2, 0.25) is 5.02 Å². The zero-order valence-corrected chi connectivity index (χ0v) is 17.7. The van der Waals surface area contributed by atoms with Crippen molar-refractivity contribution in [3.8, 4) is 11.4 Å². The minimum Gasteiger partial charge on any atom is -0.347 e. The lowest BCUT2D eigenvalue weighted by Crippen LogP contribution is -2.40. The van der Waals surface area contributed by atoms with Crippen molar-refractivity contribution in [2.75, 3.05) is 13.1 Å². The first-order valence-electron chi connectivity index (χ1n) is 10.2. The second-order valence-electron chi connectivity index (χ2n) is 7.77. The number of halogens is 1. The molecule has 1 aliphatic heterocycles. The maximum Gasteiger partial charge on any atom is 0.246 e. The highest BCUT2D eigenvalue weighted by molar-refractivity contribution is 6.30. The van der Waals surface area contributed by atoms with E-state index in [9.17, 15) is 4.79 Å². The number of benzene rings is 2. The van der Waals surface area contributed by atoms with Crippen molar-refractivity contribution in [1.29, 1.82) is 0 Å². The summed E-state index contributed by atoms with van der Waals surface area (Å²) in [5, 5.41) is 7.57. The van der Waals surface area contributed by atoms with Crippen molar-refractivity contribution < 1.29 is 9.32 Å². The van der Waals surface area contributed by atoms with Crippen molar-refractivity contribution in [2.24, 2.45) is 5.92 Å². The summed E-state index contributed by atoms with van der Waals surface area (Å²) in [6.07, 6.45) is 1.72. The van der Waals surface area contributed by atoms with Gasteiger partial charge in [-0.2, -0.15) is 4.98 Å². The van der Waals surface area contributed by atoms with Crippen LogP contribution in [0.4, 0.5) is 0 Å². The number of aryl methyl sites for hydroxylation is 1. The first-order chi connectivity index (χ1) is 14.6. The second kappa shape index (κ2) is 9.41. The monoisotopic (exact) mass is 424 g/mol. The van der Waals surface area contributed by atoms with E-state index in [4.69, 9.17) is 16.1 Å². The van der Waals surface area contributed by atoms with E-state index in [0.717, 1.165) is 38.0 Å². The van der Waals surface area contributed by atoms with Gasteiger partial charge in [-0.05, 0) is 62.7 Å². The predicted molar refractivity (Wildman–Crippen MR) is 116 cm³/mol. The molecule has 0 atom stereocenters. The van der Waals surface area contributed by atoms with Crippen LogP contribution in [0.1, 0.15) is 29.9 Å². The highest BCUT2D eigenvalue weighted by Gasteiger charge is 2.25. The summed E-state index contributed by atoms with van der Waals surface area (Å²) >= 11 is 5.90. The molecular weight excluding hydrogens is 400 g/mol. The van der Waals surface area contributed by atoms with Crippen LogP contribution in [0.25, 0.3) is 11.4 Å². The van der Waals surface area contributed by atoms with Gasteiger partial charge in [0.2, 0.25) is 17.6 Å². The number of amides is 1. The van der Waals surface area contributed by atoms with Gasteiger partial charge in [-0.15, -0.1) is 0 Å². The number of carbonyl (C=O) groups excluding carboxylic acids is 1. The van der Waals surface area contributed by atoms with Crippen molar-refractivity contribution in [3.63, 3.8) is 0 Å². The number of aromatic nitrogens is 2. The normalized spacial score (nSPS) is 15.3. The molecule has 0 unspecified atom stereocenters. The second-order valence-corrected chi connectivity index (χ2v) is 8.21. The molecule has 0 saturated carbocycles. The largest absolute Gasteiger partial charge is 0.347 e. The molecule has 2 aromatic carbocycles. The molecule has 6 nitrogen and oxygen atoms in total. The summed E-state index contributed by atoms with van der Waals surface area (Å²) in [6, 6.07) is 15.9. The van der Waals surface area contributed by atoms with Gasteiger partial charge < -0.3 is 9.84 Å². The van der Waals surface area contributed by atoms with Crippen molar-refractivity contribution in [1.82, 2.24) is 20.4 Å². The number of carbonyl (C=O) groups is 1. The molecule has 0 aliphatic carbocycles. The molecule has 3 aromatic rings.